The maximum Gasteiger partial charge on any atom is 0.120 e. The molecule has 6 nitrogen and oxygen atoms in total. The average Bonchev–Trinajstić information content (AvgIpc) is 2.39. The summed E-state index contributed by atoms with van der Waals surface area (Å²) in [6.07, 6.45) is 2.23. The van der Waals surface area contributed by atoms with Crippen LogP contribution in [0.2, 0.25) is 0 Å². The summed E-state index contributed by atoms with van der Waals surface area (Å²) in [5, 5.41) is 0. The Hall–Kier alpha value is -0.530. The van der Waals surface area contributed by atoms with Gasteiger partial charge in [-0.2, -0.15) is 0 Å². The molecule has 0 spiro atoms. The third-order valence-electron chi connectivity index (χ3n) is 1.99. The van der Waals surface area contributed by atoms with Crippen LogP contribution in [0.1, 0.15) is 12.8 Å². The molecule has 0 fully saturated rings. The van der Waals surface area contributed by atoms with E-state index < -0.39 is 0 Å². The molecule has 0 aliphatic heterocycles. The number of hydrogen-bond acceptors (Lipinski definition) is 6. The van der Waals surface area contributed by atoms with Crippen LogP contribution in [-0.2, 0) is 23.7 Å². The molecule has 0 atom stereocenters. The minimum absolute atomic E-state index is 0.538. The molecule has 0 radical (unpaired) electrons. The highest BCUT2D eigenvalue weighted by Crippen LogP contribution is 1.87. The first-order chi connectivity index (χ1) is 8.91. The molecule has 0 aromatic heterocycles. The van der Waals surface area contributed by atoms with Crippen molar-refractivity contribution in [3.8, 4) is 0 Å². The Morgan fingerprint density at radius 1 is 0.722 bits per heavy atom. The lowest BCUT2D eigenvalue weighted by atomic mass is 10.3. The van der Waals surface area contributed by atoms with E-state index >= 15 is 0 Å². The van der Waals surface area contributed by atoms with Crippen LogP contribution in [0, 0.1) is 0 Å². The van der Waals surface area contributed by atoms with Crippen LogP contribution in [0.25, 0.3) is 0 Å². The number of ether oxygens (including phenoxy) is 4. The SMILES string of the molecule is NCCOCCOCCOCCOCCCC=O. The van der Waals surface area contributed by atoms with Gasteiger partial charge in [-0.25, -0.2) is 0 Å². The van der Waals surface area contributed by atoms with E-state index in [9.17, 15) is 4.79 Å². The van der Waals surface area contributed by atoms with Gasteiger partial charge in [-0.1, -0.05) is 0 Å². The monoisotopic (exact) mass is 263 g/mol. The van der Waals surface area contributed by atoms with E-state index in [2.05, 4.69) is 0 Å². The van der Waals surface area contributed by atoms with Gasteiger partial charge in [0.2, 0.25) is 0 Å². The molecule has 6 heteroatoms. The molecule has 0 saturated carbocycles. The molecule has 0 unspecified atom stereocenters. The van der Waals surface area contributed by atoms with Crippen molar-refractivity contribution in [2.24, 2.45) is 5.73 Å². The lowest BCUT2D eigenvalue weighted by Gasteiger charge is -2.06. The minimum Gasteiger partial charge on any atom is -0.379 e. The first-order valence-electron chi connectivity index (χ1n) is 6.36. The first-order valence-corrected chi connectivity index (χ1v) is 6.36. The first kappa shape index (κ1) is 17.5. The van der Waals surface area contributed by atoms with Crippen molar-refractivity contribution < 1.29 is 23.7 Å². The fourth-order valence-electron chi connectivity index (χ4n) is 1.11. The van der Waals surface area contributed by atoms with Crippen LogP contribution in [0.3, 0.4) is 0 Å². The molecule has 0 aromatic rings. The maximum absolute atomic E-state index is 10.0. The fourth-order valence-corrected chi connectivity index (χ4v) is 1.11. The van der Waals surface area contributed by atoms with E-state index in [0.29, 0.717) is 65.8 Å². The largest absolute Gasteiger partial charge is 0.379 e. The van der Waals surface area contributed by atoms with Crippen molar-refractivity contribution in [3.05, 3.63) is 0 Å². The summed E-state index contributed by atoms with van der Waals surface area (Å²) in [5.41, 5.74) is 5.26. The van der Waals surface area contributed by atoms with Gasteiger partial charge in [-0.3, -0.25) is 0 Å². The van der Waals surface area contributed by atoms with Gasteiger partial charge in [0.05, 0.1) is 46.2 Å². The van der Waals surface area contributed by atoms with E-state index in [0.717, 1.165) is 12.7 Å². The van der Waals surface area contributed by atoms with E-state index in [1.807, 2.05) is 0 Å². The van der Waals surface area contributed by atoms with Crippen LogP contribution in [0.5, 0.6) is 0 Å². The van der Waals surface area contributed by atoms with Crippen LogP contribution < -0.4 is 5.73 Å². The Morgan fingerprint density at radius 2 is 1.17 bits per heavy atom. The summed E-state index contributed by atoms with van der Waals surface area (Å²) in [6, 6.07) is 0. The number of carbonyl (C=O) groups excluding carboxylic acids is 1. The smallest absolute Gasteiger partial charge is 0.120 e. The van der Waals surface area contributed by atoms with Crippen LogP contribution in [0.15, 0.2) is 0 Å². The summed E-state index contributed by atoms with van der Waals surface area (Å²) >= 11 is 0. The summed E-state index contributed by atoms with van der Waals surface area (Å²) in [7, 11) is 0. The number of unbranched alkanes of at least 4 members (excludes halogenated alkanes) is 1. The predicted molar refractivity (Wildman–Crippen MR) is 67.6 cm³/mol. The number of aldehydes is 1. The molecule has 18 heavy (non-hydrogen) atoms. The maximum atomic E-state index is 10.0. The second-order valence-corrected chi connectivity index (χ2v) is 3.55. The predicted octanol–water partition coefficient (Wildman–Crippen LogP) is -0.00940. The molecular weight excluding hydrogens is 238 g/mol. The molecular formula is C12H25NO5. The van der Waals surface area contributed by atoms with Gasteiger partial charge in [0.15, 0.2) is 0 Å². The molecule has 0 aromatic carbocycles. The number of hydrogen-bond donors (Lipinski definition) is 1. The van der Waals surface area contributed by atoms with E-state index in [4.69, 9.17) is 24.7 Å². The van der Waals surface area contributed by atoms with Crippen molar-refractivity contribution >= 4 is 6.29 Å². The highest BCUT2D eigenvalue weighted by Gasteiger charge is 1.92. The Balaban J connectivity index is 2.88. The van der Waals surface area contributed by atoms with Crippen molar-refractivity contribution in [1.82, 2.24) is 0 Å². The number of rotatable bonds is 15. The molecule has 0 aliphatic carbocycles. The third kappa shape index (κ3) is 15.5. The summed E-state index contributed by atoms with van der Waals surface area (Å²) in [5.74, 6) is 0. The average molecular weight is 263 g/mol. The molecule has 0 rings (SSSR count). The van der Waals surface area contributed by atoms with Gasteiger partial charge in [-0.15, -0.1) is 0 Å². The zero-order chi connectivity index (χ0) is 13.3. The number of carbonyl (C=O) groups is 1. The van der Waals surface area contributed by atoms with E-state index in [-0.39, 0.29) is 0 Å². The van der Waals surface area contributed by atoms with Gasteiger partial charge in [0.25, 0.3) is 0 Å². The lowest BCUT2D eigenvalue weighted by molar-refractivity contribution is -0.108. The molecule has 108 valence electrons. The quantitative estimate of drug-likeness (QED) is 0.331. The van der Waals surface area contributed by atoms with Crippen LogP contribution in [0.4, 0.5) is 0 Å². The Labute approximate surface area is 109 Å². The summed E-state index contributed by atoms with van der Waals surface area (Å²) in [6.45, 7) is 5.05. The highest BCUT2D eigenvalue weighted by atomic mass is 16.6. The standard InChI is InChI=1S/C12H25NO5/c13-3-6-16-8-10-18-12-11-17-9-7-15-5-2-1-4-14/h4H,1-3,5-13H2. The zero-order valence-electron chi connectivity index (χ0n) is 11.0. The minimum atomic E-state index is 0.538. The molecule has 0 bridgehead atoms. The van der Waals surface area contributed by atoms with Gasteiger partial charge < -0.3 is 29.5 Å². The molecule has 0 saturated heterocycles. The van der Waals surface area contributed by atoms with Crippen molar-refractivity contribution in [2.75, 3.05) is 59.4 Å². The summed E-state index contributed by atoms with van der Waals surface area (Å²) < 4.78 is 20.9. The second-order valence-electron chi connectivity index (χ2n) is 3.55. The van der Waals surface area contributed by atoms with Crippen LogP contribution >= 0.6 is 0 Å². The lowest BCUT2D eigenvalue weighted by Crippen LogP contribution is -2.14. The van der Waals surface area contributed by atoms with Crippen molar-refractivity contribution in [1.29, 1.82) is 0 Å². The fraction of sp³-hybridized carbons (Fsp3) is 0.917. The number of nitrogens with two attached hydrogens (primary N) is 1. The Bertz CT molecular complexity index is 169. The molecule has 0 heterocycles. The van der Waals surface area contributed by atoms with Gasteiger partial charge >= 0.3 is 0 Å². The topological polar surface area (TPSA) is 80.0 Å². The van der Waals surface area contributed by atoms with Gasteiger partial charge in [-0.05, 0) is 6.42 Å². The highest BCUT2D eigenvalue weighted by molar-refractivity contribution is 5.48. The van der Waals surface area contributed by atoms with Crippen molar-refractivity contribution in [2.45, 2.75) is 12.8 Å². The van der Waals surface area contributed by atoms with Crippen molar-refractivity contribution in [3.63, 3.8) is 0 Å². The van der Waals surface area contributed by atoms with Crippen LogP contribution in [-0.4, -0.2) is 65.7 Å². The normalized spacial score (nSPS) is 10.7. The second kappa shape index (κ2) is 16.5. The third-order valence-corrected chi connectivity index (χ3v) is 1.99. The molecule has 2 N–H and O–H groups in total. The molecule has 0 amide bonds. The van der Waals surface area contributed by atoms with Gasteiger partial charge in [0.1, 0.15) is 6.29 Å². The molecule has 0 aliphatic rings. The Kier molecular flexibility index (Phi) is 16.0. The van der Waals surface area contributed by atoms with Gasteiger partial charge in [0, 0.05) is 19.6 Å². The van der Waals surface area contributed by atoms with E-state index in [1.165, 1.54) is 0 Å². The zero-order valence-corrected chi connectivity index (χ0v) is 11.0. The van der Waals surface area contributed by atoms with E-state index in [1.54, 1.807) is 0 Å². The summed E-state index contributed by atoms with van der Waals surface area (Å²) in [4.78, 5) is 10.0. The Morgan fingerprint density at radius 3 is 1.61 bits per heavy atom.